The Morgan fingerprint density at radius 3 is 2.83 bits per heavy atom. The van der Waals surface area contributed by atoms with Crippen LogP contribution in [0, 0.1) is 5.92 Å². The van der Waals surface area contributed by atoms with Crippen LogP contribution in [-0.2, 0) is 6.54 Å². The lowest BCUT2D eigenvalue weighted by atomic mass is 9.85. The van der Waals surface area contributed by atoms with E-state index in [4.69, 9.17) is 9.97 Å². The molecule has 0 aromatic carbocycles. The summed E-state index contributed by atoms with van der Waals surface area (Å²) in [4.78, 5) is 9.51. The van der Waals surface area contributed by atoms with Crippen molar-refractivity contribution in [3.63, 3.8) is 0 Å². The first-order chi connectivity index (χ1) is 14.7. The molecular weight excluding hydrogens is 382 g/mol. The van der Waals surface area contributed by atoms with Gasteiger partial charge in [-0.05, 0) is 37.7 Å². The maximum absolute atomic E-state index is 9.76. The molecule has 30 heavy (non-hydrogen) atoms. The topological polar surface area (TPSA) is 111 Å². The minimum atomic E-state index is 0.175. The van der Waals surface area contributed by atoms with Crippen LogP contribution in [0.5, 0.6) is 0 Å². The molecular formula is C21H28N7O2+. The van der Waals surface area contributed by atoms with Crippen LogP contribution in [0.2, 0.25) is 0 Å². The van der Waals surface area contributed by atoms with Gasteiger partial charge in [-0.2, -0.15) is 19.6 Å². The number of hydrogen-bond acceptors (Lipinski definition) is 7. The molecule has 2 fully saturated rings. The van der Waals surface area contributed by atoms with E-state index in [0.29, 0.717) is 24.4 Å². The largest absolute Gasteiger partial charge is 0.396 e. The Kier molecular flexibility index (Phi) is 5.12. The summed E-state index contributed by atoms with van der Waals surface area (Å²) >= 11 is 0. The van der Waals surface area contributed by atoms with Crippen molar-refractivity contribution in [2.75, 3.05) is 17.2 Å². The van der Waals surface area contributed by atoms with Gasteiger partial charge in [-0.3, -0.25) is 5.21 Å². The number of aliphatic hydroxyl groups is 1. The Labute approximate surface area is 174 Å². The zero-order valence-corrected chi connectivity index (χ0v) is 16.9. The zero-order valence-electron chi connectivity index (χ0n) is 16.9. The van der Waals surface area contributed by atoms with Gasteiger partial charge < -0.3 is 15.7 Å². The van der Waals surface area contributed by atoms with Gasteiger partial charge in [0, 0.05) is 47.0 Å². The molecule has 1 unspecified atom stereocenters. The lowest BCUT2D eigenvalue weighted by Gasteiger charge is -2.30. The number of pyridine rings is 1. The molecule has 2 aliphatic carbocycles. The van der Waals surface area contributed by atoms with Crippen LogP contribution in [0.3, 0.4) is 0 Å². The average molecular weight is 411 g/mol. The summed E-state index contributed by atoms with van der Waals surface area (Å²) in [5, 5.41) is 30.8. The van der Waals surface area contributed by atoms with Crippen molar-refractivity contribution in [1.82, 2.24) is 19.6 Å². The van der Waals surface area contributed by atoms with Crippen molar-refractivity contribution in [3.8, 4) is 0 Å². The molecule has 0 bridgehead atoms. The Morgan fingerprint density at radius 1 is 1.17 bits per heavy atom. The number of nitrogens with zero attached hydrogens (tertiary/aromatic N) is 5. The smallest absolute Gasteiger partial charge is 0.229 e. The highest BCUT2D eigenvalue weighted by Gasteiger charge is 2.30. The monoisotopic (exact) mass is 410 g/mol. The minimum absolute atomic E-state index is 0.175. The molecule has 9 nitrogen and oxygen atoms in total. The van der Waals surface area contributed by atoms with Crippen LogP contribution in [0.1, 0.15) is 55.6 Å². The normalized spacial score (nSPS) is 21.6. The first-order valence-corrected chi connectivity index (χ1v) is 10.8. The SMILES string of the molecule is OC[C@@H]1CCCCC1Nc1nc(NCc2ccc[n+](O)c2)n2ncc(C3CC3)c2n1. The molecule has 5 rings (SSSR count). The summed E-state index contributed by atoms with van der Waals surface area (Å²) < 4.78 is 2.80. The molecule has 3 heterocycles. The number of aromatic nitrogens is 5. The van der Waals surface area contributed by atoms with E-state index in [1.165, 1.54) is 18.4 Å². The molecule has 0 aliphatic heterocycles. The highest BCUT2D eigenvalue weighted by atomic mass is 16.5. The van der Waals surface area contributed by atoms with E-state index < -0.39 is 0 Å². The molecule has 158 valence electrons. The van der Waals surface area contributed by atoms with Crippen molar-refractivity contribution in [2.24, 2.45) is 5.92 Å². The average Bonchev–Trinajstić information content (AvgIpc) is 3.51. The molecule has 4 N–H and O–H groups in total. The molecule has 0 spiro atoms. The number of fused-ring (bicyclic) bond motifs is 1. The highest BCUT2D eigenvalue weighted by Crippen LogP contribution is 2.42. The van der Waals surface area contributed by atoms with Crippen molar-refractivity contribution in [1.29, 1.82) is 0 Å². The van der Waals surface area contributed by atoms with E-state index in [1.54, 1.807) is 23.0 Å². The second-order valence-electron chi connectivity index (χ2n) is 8.40. The van der Waals surface area contributed by atoms with Gasteiger partial charge in [-0.15, -0.1) is 0 Å². The molecule has 0 saturated heterocycles. The Balaban J connectivity index is 1.45. The third-order valence-corrected chi connectivity index (χ3v) is 6.17. The second kappa shape index (κ2) is 8.06. The fraction of sp³-hybridized carbons (Fsp3) is 0.524. The molecule has 2 aliphatic rings. The van der Waals surface area contributed by atoms with E-state index in [2.05, 4.69) is 15.7 Å². The molecule has 0 radical (unpaired) electrons. The van der Waals surface area contributed by atoms with Crippen molar-refractivity contribution < 1.29 is 15.0 Å². The summed E-state index contributed by atoms with van der Waals surface area (Å²) in [5.74, 6) is 1.94. The first-order valence-electron chi connectivity index (χ1n) is 10.8. The van der Waals surface area contributed by atoms with E-state index in [9.17, 15) is 10.3 Å². The summed E-state index contributed by atoms with van der Waals surface area (Å²) in [6, 6.07) is 3.90. The lowest BCUT2D eigenvalue weighted by molar-refractivity contribution is -0.905. The number of anilines is 2. The number of rotatable bonds is 7. The molecule has 3 aromatic heterocycles. The maximum Gasteiger partial charge on any atom is 0.229 e. The predicted molar refractivity (Wildman–Crippen MR) is 110 cm³/mol. The van der Waals surface area contributed by atoms with Gasteiger partial charge in [0.15, 0.2) is 5.65 Å². The summed E-state index contributed by atoms with van der Waals surface area (Å²) in [5.41, 5.74) is 2.92. The minimum Gasteiger partial charge on any atom is -0.396 e. The number of hydrogen-bond donors (Lipinski definition) is 4. The van der Waals surface area contributed by atoms with Gasteiger partial charge in [-0.25, -0.2) is 0 Å². The number of aliphatic hydroxyl groups excluding tert-OH is 1. The summed E-state index contributed by atoms with van der Waals surface area (Å²) in [7, 11) is 0. The third-order valence-electron chi connectivity index (χ3n) is 6.17. The van der Waals surface area contributed by atoms with Gasteiger partial charge in [0.1, 0.15) is 0 Å². The van der Waals surface area contributed by atoms with Gasteiger partial charge in [0.25, 0.3) is 0 Å². The first kappa shape index (κ1) is 19.0. The summed E-state index contributed by atoms with van der Waals surface area (Å²) in [6.45, 7) is 0.675. The zero-order chi connectivity index (χ0) is 20.5. The Morgan fingerprint density at radius 2 is 2.03 bits per heavy atom. The lowest BCUT2D eigenvalue weighted by Crippen LogP contribution is -2.35. The van der Waals surface area contributed by atoms with Crippen LogP contribution < -0.4 is 15.4 Å². The van der Waals surface area contributed by atoms with Gasteiger partial charge in [0.05, 0.1) is 6.20 Å². The van der Waals surface area contributed by atoms with E-state index in [0.717, 1.165) is 41.6 Å². The fourth-order valence-electron chi connectivity index (χ4n) is 4.33. The predicted octanol–water partition coefficient (Wildman–Crippen LogP) is 2.10. The quantitative estimate of drug-likeness (QED) is 0.349. The van der Waals surface area contributed by atoms with Crippen LogP contribution >= 0.6 is 0 Å². The fourth-order valence-corrected chi connectivity index (χ4v) is 4.33. The van der Waals surface area contributed by atoms with Crippen LogP contribution in [-0.4, -0.2) is 42.5 Å². The Hall–Kier alpha value is -2.94. The van der Waals surface area contributed by atoms with Crippen molar-refractivity contribution in [3.05, 3.63) is 41.9 Å². The second-order valence-corrected chi connectivity index (χ2v) is 8.40. The third kappa shape index (κ3) is 3.89. The van der Waals surface area contributed by atoms with Crippen molar-refractivity contribution in [2.45, 2.75) is 57.0 Å². The van der Waals surface area contributed by atoms with E-state index >= 15 is 0 Å². The van der Waals surface area contributed by atoms with Gasteiger partial charge >= 0.3 is 0 Å². The number of nitrogens with one attached hydrogen (secondary N) is 2. The van der Waals surface area contributed by atoms with Crippen LogP contribution in [0.15, 0.2) is 30.7 Å². The maximum atomic E-state index is 9.76. The van der Waals surface area contributed by atoms with Crippen molar-refractivity contribution >= 4 is 17.5 Å². The molecule has 2 atom stereocenters. The van der Waals surface area contributed by atoms with Gasteiger partial charge in [0.2, 0.25) is 24.3 Å². The summed E-state index contributed by atoms with van der Waals surface area (Å²) in [6.07, 6.45) is 11.8. The van der Waals surface area contributed by atoms with Crippen LogP contribution in [0.25, 0.3) is 5.65 Å². The van der Waals surface area contributed by atoms with Crippen LogP contribution in [0.4, 0.5) is 11.9 Å². The Bertz CT molecular complexity index is 1030. The molecule has 9 heteroatoms. The highest BCUT2D eigenvalue weighted by molar-refractivity contribution is 5.57. The van der Waals surface area contributed by atoms with E-state index in [-0.39, 0.29) is 18.6 Å². The molecule has 3 aromatic rings. The van der Waals surface area contributed by atoms with Gasteiger partial charge in [-0.1, -0.05) is 12.8 Å². The molecule has 0 amide bonds. The standard InChI is InChI=1S/C21H28N7O2/c29-13-16-5-1-2-6-18(16)24-20-25-19-17(15-7-8-15)11-23-28(19)21(26-20)22-10-14-4-3-9-27(30)12-14/h3-4,9,11-12,15-16,18,29-30H,1-2,5-8,10,13H2,(H2,22,24,25,26)/q+1/t16-,18?/m0/s1. The molecule has 2 saturated carbocycles. The van der Waals surface area contributed by atoms with E-state index in [1.807, 2.05) is 12.3 Å².